The average molecular weight is 230 g/mol. The van der Waals surface area contributed by atoms with E-state index in [2.05, 4.69) is 0 Å². The zero-order valence-electron chi connectivity index (χ0n) is 3.35. The Morgan fingerprint density at radius 1 is 1.00 bits per heavy atom. The maximum atomic E-state index is 8.88. The van der Waals surface area contributed by atoms with E-state index in [1.165, 1.54) is 0 Å². The number of phosphoric acid groups is 1. The Bertz CT molecular complexity index is 60.2. The first-order valence-corrected chi connectivity index (χ1v) is 2.35. The first-order valence-electron chi connectivity index (χ1n) is 0.783. The molecular formula is H5Cl2CoO4P. The minimum Gasteiger partial charge on any atom is -0.303 e. The van der Waals surface area contributed by atoms with E-state index < -0.39 is 7.82 Å². The fraction of sp³-hybridized carbons (Fsp3) is 0. The number of rotatable bonds is 0. The molecule has 3 N–H and O–H groups in total. The molecule has 0 saturated heterocycles. The Balaban J connectivity index is -0.0000000267. The summed E-state index contributed by atoms with van der Waals surface area (Å²) in [6.45, 7) is 0. The van der Waals surface area contributed by atoms with Gasteiger partial charge in [0.25, 0.3) is 0 Å². The summed E-state index contributed by atoms with van der Waals surface area (Å²) in [5.74, 6) is 0. The van der Waals surface area contributed by atoms with E-state index in [1.807, 2.05) is 0 Å². The van der Waals surface area contributed by atoms with E-state index in [9.17, 15) is 0 Å². The summed E-state index contributed by atoms with van der Waals surface area (Å²) >= 11 is 0. The van der Waals surface area contributed by atoms with Crippen LogP contribution >= 0.6 is 32.6 Å². The molecular weight excluding hydrogens is 225 g/mol. The van der Waals surface area contributed by atoms with Crippen molar-refractivity contribution < 1.29 is 36.0 Å². The zero-order valence-corrected chi connectivity index (χ0v) is 6.92. The summed E-state index contributed by atoms with van der Waals surface area (Å²) in [4.78, 5) is 21.6. The predicted octanol–water partition coefficient (Wildman–Crippen LogP) is -0.0875. The van der Waals surface area contributed by atoms with Crippen LogP contribution in [0.3, 0.4) is 0 Å². The molecule has 0 atom stereocenters. The van der Waals surface area contributed by atoms with Crippen LogP contribution in [0.2, 0.25) is 0 Å². The van der Waals surface area contributed by atoms with Gasteiger partial charge in [-0.05, 0) is 0 Å². The van der Waals surface area contributed by atoms with Crippen molar-refractivity contribution in [1.29, 1.82) is 0 Å². The zero-order chi connectivity index (χ0) is 4.50. The number of hydrogen-bond donors (Lipinski definition) is 3. The average Bonchev–Trinajstić information content (AvgIpc) is 0.722. The van der Waals surface area contributed by atoms with Gasteiger partial charge in [0, 0.05) is 16.8 Å². The largest absolute Gasteiger partial charge is 0.466 e. The summed E-state index contributed by atoms with van der Waals surface area (Å²) in [6, 6.07) is 0. The van der Waals surface area contributed by atoms with Crippen molar-refractivity contribution in [1.82, 2.24) is 0 Å². The molecule has 0 rings (SSSR count). The van der Waals surface area contributed by atoms with E-state index in [-0.39, 0.29) is 41.6 Å². The molecule has 0 spiro atoms. The van der Waals surface area contributed by atoms with E-state index in [1.54, 1.807) is 0 Å². The molecule has 0 saturated carbocycles. The molecule has 1 radical (unpaired) electrons. The van der Waals surface area contributed by atoms with Crippen LogP contribution in [0.1, 0.15) is 0 Å². The molecule has 57 valence electrons. The molecule has 8 heteroatoms. The quantitative estimate of drug-likeness (QED) is 0.508. The summed E-state index contributed by atoms with van der Waals surface area (Å²) in [5.41, 5.74) is 0. The molecule has 8 heavy (non-hydrogen) atoms. The Hall–Kier alpha value is 1.20. The van der Waals surface area contributed by atoms with Gasteiger partial charge in [-0.3, -0.25) is 0 Å². The second-order valence-corrected chi connectivity index (χ2v) is 1.54. The minimum absolute atomic E-state index is 0. The van der Waals surface area contributed by atoms with Crippen LogP contribution in [0.15, 0.2) is 0 Å². The van der Waals surface area contributed by atoms with Crippen molar-refractivity contribution in [2.75, 3.05) is 0 Å². The van der Waals surface area contributed by atoms with E-state index in [4.69, 9.17) is 19.2 Å². The van der Waals surface area contributed by atoms with E-state index in [0.717, 1.165) is 0 Å². The fourth-order valence-corrected chi connectivity index (χ4v) is 0. The molecule has 0 aliphatic rings. The smallest absolute Gasteiger partial charge is 0.303 e. The molecule has 0 fully saturated rings. The standard InChI is InChI=1S/2ClH.Co.H3O4P/c;;;1-5(2,3)4/h2*1H;;(H3,1,2,3,4). The van der Waals surface area contributed by atoms with Crippen molar-refractivity contribution in [3.05, 3.63) is 0 Å². The minimum atomic E-state index is -4.64. The number of hydrogen-bond acceptors (Lipinski definition) is 1. The van der Waals surface area contributed by atoms with Gasteiger partial charge in [-0.2, -0.15) is 0 Å². The Kier molecular flexibility index (Phi) is 23.4. The summed E-state index contributed by atoms with van der Waals surface area (Å²) in [7, 11) is -4.64. The molecule has 0 aliphatic carbocycles. The monoisotopic (exact) mass is 229 g/mol. The molecule has 0 bridgehead atoms. The SMILES string of the molecule is Cl.Cl.O=P(O)(O)O.[Co]. The fourth-order valence-electron chi connectivity index (χ4n) is 0. The van der Waals surface area contributed by atoms with E-state index >= 15 is 0 Å². The normalized spacial score (nSPS) is 7.38. The Morgan fingerprint density at radius 2 is 1.00 bits per heavy atom. The number of halogens is 2. The van der Waals surface area contributed by atoms with Crippen LogP contribution in [-0.4, -0.2) is 14.7 Å². The second-order valence-electron chi connectivity index (χ2n) is 0.513. The van der Waals surface area contributed by atoms with Gasteiger partial charge in [0.05, 0.1) is 0 Å². The van der Waals surface area contributed by atoms with Crippen LogP contribution in [-0.2, 0) is 21.3 Å². The van der Waals surface area contributed by atoms with Crippen molar-refractivity contribution in [2.45, 2.75) is 0 Å². The summed E-state index contributed by atoms with van der Waals surface area (Å²) in [6.07, 6.45) is 0. The molecule has 0 aromatic carbocycles. The molecule has 0 aromatic heterocycles. The molecule has 0 amide bonds. The van der Waals surface area contributed by atoms with Gasteiger partial charge >= 0.3 is 7.82 Å². The first kappa shape index (κ1) is 22.9. The molecule has 4 nitrogen and oxygen atoms in total. The Labute approximate surface area is 68.9 Å². The van der Waals surface area contributed by atoms with Gasteiger partial charge in [-0.25, -0.2) is 4.57 Å². The predicted molar refractivity (Wildman–Crippen MR) is 28.8 cm³/mol. The topological polar surface area (TPSA) is 77.8 Å². The Morgan fingerprint density at radius 3 is 1.00 bits per heavy atom. The van der Waals surface area contributed by atoms with Crippen LogP contribution in [0.4, 0.5) is 0 Å². The van der Waals surface area contributed by atoms with Gasteiger partial charge in [0.1, 0.15) is 0 Å². The van der Waals surface area contributed by atoms with Crippen molar-refractivity contribution >= 4 is 32.6 Å². The molecule has 0 unspecified atom stereocenters. The van der Waals surface area contributed by atoms with Gasteiger partial charge in [-0.15, -0.1) is 24.8 Å². The third-order valence-electron chi connectivity index (χ3n) is 0. The van der Waals surface area contributed by atoms with Gasteiger partial charge in [0.15, 0.2) is 0 Å². The first-order chi connectivity index (χ1) is 2.00. The summed E-state index contributed by atoms with van der Waals surface area (Å²) in [5, 5.41) is 0. The van der Waals surface area contributed by atoms with Crippen molar-refractivity contribution in [3.8, 4) is 0 Å². The maximum absolute atomic E-state index is 8.88. The molecule has 0 aliphatic heterocycles. The third kappa shape index (κ3) is 193. The molecule has 0 aromatic rings. The maximum Gasteiger partial charge on any atom is 0.466 e. The second kappa shape index (κ2) is 8.20. The van der Waals surface area contributed by atoms with Gasteiger partial charge < -0.3 is 14.7 Å². The summed E-state index contributed by atoms with van der Waals surface area (Å²) < 4.78 is 8.88. The van der Waals surface area contributed by atoms with Crippen LogP contribution in [0, 0.1) is 0 Å². The van der Waals surface area contributed by atoms with Crippen molar-refractivity contribution in [3.63, 3.8) is 0 Å². The van der Waals surface area contributed by atoms with Gasteiger partial charge in [-0.1, -0.05) is 0 Å². The van der Waals surface area contributed by atoms with Crippen LogP contribution < -0.4 is 0 Å². The van der Waals surface area contributed by atoms with E-state index in [0.29, 0.717) is 0 Å². The third-order valence-corrected chi connectivity index (χ3v) is 0. The molecule has 0 heterocycles. The van der Waals surface area contributed by atoms with Crippen LogP contribution in [0.25, 0.3) is 0 Å². The van der Waals surface area contributed by atoms with Crippen LogP contribution in [0.5, 0.6) is 0 Å². The van der Waals surface area contributed by atoms with Gasteiger partial charge in [0.2, 0.25) is 0 Å². The van der Waals surface area contributed by atoms with Crippen molar-refractivity contribution in [2.24, 2.45) is 0 Å².